The lowest BCUT2D eigenvalue weighted by Crippen LogP contribution is -2.03. The van der Waals surface area contributed by atoms with E-state index in [4.69, 9.17) is 9.47 Å². The molecule has 0 radical (unpaired) electrons. The number of carboxylic acids is 1. The molecule has 0 saturated carbocycles. The van der Waals surface area contributed by atoms with Gasteiger partial charge in [-0.15, -0.1) is 0 Å². The number of fused-ring (bicyclic) bond motifs is 1. The number of ether oxygens (including phenoxy) is 2. The lowest BCUT2D eigenvalue weighted by Gasteiger charge is -2.12. The van der Waals surface area contributed by atoms with Gasteiger partial charge in [-0.2, -0.15) is 0 Å². The van der Waals surface area contributed by atoms with Crippen molar-refractivity contribution in [3.05, 3.63) is 71.9 Å². The number of rotatable bonds is 6. The molecule has 0 spiro atoms. The number of benzene rings is 1. The Morgan fingerprint density at radius 3 is 2.57 bits per heavy atom. The number of hydrogen-bond acceptors (Lipinski definition) is 4. The van der Waals surface area contributed by atoms with E-state index in [1.807, 2.05) is 32.0 Å². The number of allylic oxidation sites excluding steroid dienone is 1. The number of para-hydroxylation sites is 1. The molecule has 1 N–H and O–H groups in total. The number of pyridine rings is 1. The molecule has 2 heterocycles. The predicted molar refractivity (Wildman–Crippen MR) is 111 cm³/mol. The monoisotopic (exact) mass is 380 g/mol. The van der Waals surface area contributed by atoms with Crippen molar-refractivity contribution >= 4 is 23.8 Å². The van der Waals surface area contributed by atoms with Gasteiger partial charge in [-0.25, -0.2) is 9.78 Å². The minimum absolute atomic E-state index is 0.0992. The van der Waals surface area contributed by atoms with E-state index >= 15 is 0 Å². The zero-order valence-electron chi connectivity index (χ0n) is 16.5. The quantitative estimate of drug-likeness (QED) is 0.599. The highest BCUT2D eigenvalue weighted by molar-refractivity contribution is 5.92. The maximum atomic E-state index is 11.7. The highest BCUT2D eigenvalue weighted by Gasteiger charge is 2.16. The van der Waals surface area contributed by atoms with Crippen molar-refractivity contribution in [1.82, 2.24) is 9.38 Å². The third-order valence-electron chi connectivity index (χ3n) is 3.69. The zero-order chi connectivity index (χ0) is 20.7. The van der Waals surface area contributed by atoms with E-state index in [2.05, 4.69) is 11.6 Å². The van der Waals surface area contributed by atoms with Gasteiger partial charge in [-0.3, -0.25) is 4.40 Å². The average Bonchev–Trinajstić information content (AvgIpc) is 3.07. The molecular formula is C22H24N2O4. The summed E-state index contributed by atoms with van der Waals surface area (Å²) in [6, 6.07) is 10.8. The fourth-order valence-electron chi connectivity index (χ4n) is 2.62. The Kier molecular flexibility index (Phi) is 6.98. The molecule has 0 bridgehead atoms. The number of carboxylic acid groups (broad SMARTS) is 1. The van der Waals surface area contributed by atoms with Crippen LogP contribution in [0.15, 0.2) is 54.9 Å². The lowest BCUT2D eigenvalue weighted by molar-refractivity contribution is 0.0689. The summed E-state index contributed by atoms with van der Waals surface area (Å²) in [7, 11) is 1.55. The predicted octanol–water partition coefficient (Wildman–Crippen LogP) is 5.15. The summed E-state index contributed by atoms with van der Waals surface area (Å²) in [6.45, 7) is 9.50. The largest absolute Gasteiger partial charge is 0.493 e. The summed E-state index contributed by atoms with van der Waals surface area (Å²) < 4.78 is 12.6. The number of imidazole rings is 1. The van der Waals surface area contributed by atoms with Gasteiger partial charge in [-0.05, 0) is 37.3 Å². The molecule has 146 valence electrons. The molecule has 0 amide bonds. The van der Waals surface area contributed by atoms with Crippen LogP contribution in [0.1, 0.15) is 42.5 Å². The SMILES string of the molecule is C=C(C)Oc1c(/C=C/c2nc3ccccn3c2C(=O)O)cccc1OC.CC. The van der Waals surface area contributed by atoms with Crippen LogP contribution in [0.5, 0.6) is 11.5 Å². The number of carbonyl (C=O) groups is 1. The Morgan fingerprint density at radius 1 is 1.18 bits per heavy atom. The molecule has 0 atom stereocenters. The molecule has 6 heteroatoms. The normalized spacial score (nSPS) is 10.4. The molecule has 0 aliphatic heterocycles. The number of hydrogen-bond donors (Lipinski definition) is 1. The molecule has 0 fully saturated rings. The van der Waals surface area contributed by atoms with Crippen molar-refractivity contribution in [3.63, 3.8) is 0 Å². The Hall–Kier alpha value is -3.54. The highest BCUT2D eigenvalue weighted by Crippen LogP contribution is 2.33. The Balaban J connectivity index is 0.00000136. The van der Waals surface area contributed by atoms with E-state index in [1.165, 1.54) is 0 Å². The van der Waals surface area contributed by atoms with Crippen LogP contribution in [0.4, 0.5) is 0 Å². The number of nitrogens with zero attached hydrogens (tertiary/aromatic N) is 2. The standard InChI is InChI=1S/C20H18N2O4.C2H6/c1-13(2)26-19-14(7-6-8-16(19)25-3)10-11-15-18(20(23)24)22-12-5-4-9-17(22)21-15;1-2/h4-12H,1H2,2-3H3,(H,23,24);1-2H3/b11-10+;. The van der Waals surface area contributed by atoms with Crippen LogP contribution in [0.2, 0.25) is 0 Å². The van der Waals surface area contributed by atoms with Gasteiger partial charge in [-0.1, -0.05) is 38.6 Å². The van der Waals surface area contributed by atoms with Gasteiger partial charge in [0.15, 0.2) is 17.2 Å². The average molecular weight is 380 g/mol. The van der Waals surface area contributed by atoms with E-state index in [0.29, 0.717) is 28.6 Å². The fourth-order valence-corrected chi connectivity index (χ4v) is 2.62. The third-order valence-corrected chi connectivity index (χ3v) is 3.69. The van der Waals surface area contributed by atoms with Crippen molar-refractivity contribution in [2.24, 2.45) is 0 Å². The summed E-state index contributed by atoms with van der Waals surface area (Å²) in [5.74, 6) is 0.540. The second-order valence-electron chi connectivity index (χ2n) is 5.60. The Morgan fingerprint density at radius 2 is 1.93 bits per heavy atom. The third kappa shape index (κ3) is 4.40. The van der Waals surface area contributed by atoms with Crippen molar-refractivity contribution in [3.8, 4) is 11.5 Å². The van der Waals surface area contributed by atoms with E-state index < -0.39 is 5.97 Å². The summed E-state index contributed by atoms with van der Waals surface area (Å²) >= 11 is 0. The summed E-state index contributed by atoms with van der Waals surface area (Å²) in [5, 5.41) is 9.55. The first-order valence-electron chi connectivity index (χ1n) is 8.90. The lowest BCUT2D eigenvalue weighted by atomic mass is 10.1. The van der Waals surface area contributed by atoms with Crippen LogP contribution < -0.4 is 9.47 Å². The molecule has 3 rings (SSSR count). The van der Waals surface area contributed by atoms with Gasteiger partial charge in [0.1, 0.15) is 5.65 Å². The molecule has 28 heavy (non-hydrogen) atoms. The van der Waals surface area contributed by atoms with E-state index in [9.17, 15) is 9.90 Å². The second-order valence-corrected chi connectivity index (χ2v) is 5.60. The first kappa shape index (κ1) is 20.8. The molecule has 0 aliphatic rings. The summed E-state index contributed by atoms with van der Waals surface area (Å²) in [4.78, 5) is 16.1. The topological polar surface area (TPSA) is 73.1 Å². The van der Waals surface area contributed by atoms with Gasteiger partial charge < -0.3 is 14.6 Å². The van der Waals surface area contributed by atoms with Crippen molar-refractivity contribution < 1.29 is 19.4 Å². The van der Waals surface area contributed by atoms with Crippen molar-refractivity contribution in [1.29, 1.82) is 0 Å². The van der Waals surface area contributed by atoms with Crippen LogP contribution in [0.3, 0.4) is 0 Å². The van der Waals surface area contributed by atoms with Gasteiger partial charge >= 0.3 is 5.97 Å². The maximum absolute atomic E-state index is 11.7. The first-order valence-corrected chi connectivity index (χ1v) is 8.90. The van der Waals surface area contributed by atoms with Crippen LogP contribution >= 0.6 is 0 Å². The number of aromatic nitrogens is 2. The van der Waals surface area contributed by atoms with E-state index in [-0.39, 0.29) is 5.69 Å². The Labute approximate surface area is 164 Å². The second kappa shape index (κ2) is 9.41. The van der Waals surface area contributed by atoms with Crippen LogP contribution in [0, 0.1) is 0 Å². The van der Waals surface area contributed by atoms with Gasteiger partial charge in [0, 0.05) is 11.8 Å². The smallest absolute Gasteiger partial charge is 0.355 e. The molecule has 3 aromatic rings. The minimum Gasteiger partial charge on any atom is -0.493 e. The fraction of sp³-hybridized carbons (Fsp3) is 0.182. The Bertz CT molecular complexity index is 1020. The molecule has 1 aromatic carbocycles. The maximum Gasteiger partial charge on any atom is 0.355 e. The van der Waals surface area contributed by atoms with Crippen molar-refractivity contribution in [2.45, 2.75) is 20.8 Å². The van der Waals surface area contributed by atoms with Gasteiger partial charge in [0.05, 0.1) is 18.6 Å². The van der Waals surface area contributed by atoms with Gasteiger partial charge in [0.2, 0.25) is 0 Å². The summed E-state index contributed by atoms with van der Waals surface area (Å²) in [5.41, 5.74) is 1.74. The molecule has 0 unspecified atom stereocenters. The zero-order valence-corrected chi connectivity index (χ0v) is 16.5. The molecule has 0 aliphatic carbocycles. The molecule has 6 nitrogen and oxygen atoms in total. The van der Waals surface area contributed by atoms with E-state index in [0.717, 1.165) is 5.56 Å². The van der Waals surface area contributed by atoms with E-state index in [1.54, 1.807) is 55.0 Å². The number of methoxy groups -OCH3 is 1. The van der Waals surface area contributed by atoms with Crippen molar-refractivity contribution in [2.75, 3.05) is 7.11 Å². The van der Waals surface area contributed by atoms with Crippen LogP contribution in [-0.2, 0) is 0 Å². The summed E-state index contributed by atoms with van der Waals surface area (Å²) in [6.07, 6.45) is 5.07. The highest BCUT2D eigenvalue weighted by atomic mass is 16.5. The van der Waals surface area contributed by atoms with Crippen LogP contribution in [-0.4, -0.2) is 27.6 Å². The van der Waals surface area contributed by atoms with Crippen LogP contribution in [0.25, 0.3) is 17.8 Å². The first-order chi connectivity index (χ1) is 13.5. The molecular weight excluding hydrogens is 356 g/mol. The minimum atomic E-state index is -1.05. The van der Waals surface area contributed by atoms with Gasteiger partial charge in [0.25, 0.3) is 0 Å². The molecule has 2 aromatic heterocycles. The molecule has 0 saturated heterocycles. The number of aromatic carboxylic acids is 1.